The standard InChI is InChI=1S/C34H25BrN8O2/c1-40-32-24(18-27-26(38-32)9-5-12-37-27)31(39-40)30-29(33(44)43(34(30)45)22-7-3-2-4-8-22)25-19-42(15-6-14-41-16-13-36-20-41)28-17-21(35)10-11-23(25)28/h2-5,7-13,16-20H,6,14-15H2,1H3. The maximum atomic E-state index is 14.5. The quantitative estimate of drug-likeness (QED) is 0.195. The van der Waals surface area contributed by atoms with Gasteiger partial charge < -0.3 is 9.13 Å². The van der Waals surface area contributed by atoms with Crippen molar-refractivity contribution in [3.63, 3.8) is 0 Å². The van der Waals surface area contributed by atoms with Gasteiger partial charge in [-0.25, -0.2) is 19.5 Å². The van der Waals surface area contributed by atoms with Gasteiger partial charge in [0.1, 0.15) is 5.69 Å². The smallest absolute Gasteiger partial charge is 0.268 e. The van der Waals surface area contributed by atoms with E-state index in [1.165, 1.54) is 4.90 Å². The number of imidazole rings is 1. The number of para-hydroxylation sites is 1. The molecule has 0 saturated carbocycles. The molecular formula is C34H25BrN8O2. The van der Waals surface area contributed by atoms with Crippen molar-refractivity contribution >= 4 is 77.5 Å². The fourth-order valence-corrected chi connectivity index (χ4v) is 6.50. The van der Waals surface area contributed by atoms with Crippen LogP contribution in [0.15, 0.2) is 102 Å². The van der Waals surface area contributed by atoms with Gasteiger partial charge in [-0.2, -0.15) is 5.10 Å². The molecule has 0 atom stereocenters. The first-order chi connectivity index (χ1) is 22.0. The number of halogens is 1. The van der Waals surface area contributed by atoms with Crippen molar-refractivity contribution in [1.29, 1.82) is 0 Å². The van der Waals surface area contributed by atoms with E-state index in [4.69, 9.17) is 10.1 Å². The zero-order valence-corrected chi connectivity index (χ0v) is 25.7. The minimum atomic E-state index is -0.430. The number of fused-ring (bicyclic) bond motifs is 3. The molecule has 2 aromatic carbocycles. The Morgan fingerprint density at radius 3 is 2.51 bits per heavy atom. The Morgan fingerprint density at radius 1 is 0.844 bits per heavy atom. The van der Waals surface area contributed by atoms with E-state index in [0.717, 1.165) is 33.9 Å². The topological polar surface area (TPSA) is 104 Å². The van der Waals surface area contributed by atoms with Crippen LogP contribution in [-0.4, -0.2) is 45.7 Å². The van der Waals surface area contributed by atoms with Crippen molar-refractivity contribution in [3.05, 3.63) is 114 Å². The van der Waals surface area contributed by atoms with Crippen LogP contribution in [0.4, 0.5) is 5.69 Å². The second kappa shape index (κ2) is 10.6. The highest BCUT2D eigenvalue weighted by Crippen LogP contribution is 2.42. The van der Waals surface area contributed by atoms with Gasteiger partial charge in [0.05, 0.1) is 34.2 Å². The summed E-state index contributed by atoms with van der Waals surface area (Å²) in [6.45, 7) is 1.50. The van der Waals surface area contributed by atoms with Gasteiger partial charge >= 0.3 is 0 Å². The maximum Gasteiger partial charge on any atom is 0.268 e. The number of amides is 2. The average molecular weight is 658 g/mol. The molecule has 2 amide bonds. The molecule has 10 nitrogen and oxygen atoms in total. The molecule has 5 aromatic heterocycles. The van der Waals surface area contributed by atoms with Gasteiger partial charge in [-0.1, -0.05) is 40.2 Å². The number of hydrogen-bond acceptors (Lipinski definition) is 6. The van der Waals surface area contributed by atoms with E-state index in [1.807, 2.05) is 71.6 Å². The molecule has 0 fully saturated rings. The molecule has 0 spiro atoms. The fourth-order valence-electron chi connectivity index (χ4n) is 6.15. The molecule has 0 N–H and O–H groups in total. The molecule has 8 rings (SSSR count). The third-order valence-corrected chi connectivity index (χ3v) is 8.69. The number of anilines is 1. The van der Waals surface area contributed by atoms with Crippen molar-refractivity contribution in [3.8, 4) is 0 Å². The number of carbonyl (C=O) groups excluding carboxylic acids is 2. The van der Waals surface area contributed by atoms with Gasteiger partial charge in [0.15, 0.2) is 5.65 Å². The number of aromatic nitrogens is 7. The number of hydrogen-bond donors (Lipinski definition) is 0. The highest BCUT2D eigenvalue weighted by atomic mass is 79.9. The van der Waals surface area contributed by atoms with Gasteiger partial charge in [-0.3, -0.25) is 14.6 Å². The molecule has 45 heavy (non-hydrogen) atoms. The number of carbonyl (C=O) groups is 2. The lowest BCUT2D eigenvalue weighted by Gasteiger charge is -2.14. The van der Waals surface area contributed by atoms with Crippen LogP contribution in [0.2, 0.25) is 0 Å². The Hall–Kier alpha value is -5.42. The Bertz CT molecular complexity index is 2320. The van der Waals surface area contributed by atoms with Crippen LogP contribution >= 0.6 is 15.9 Å². The van der Waals surface area contributed by atoms with E-state index in [1.54, 1.807) is 42.6 Å². The van der Waals surface area contributed by atoms with Gasteiger partial charge in [0.25, 0.3) is 11.8 Å². The first-order valence-corrected chi connectivity index (χ1v) is 15.3. The summed E-state index contributed by atoms with van der Waals surface area (Å²) in [4.78, 5) is 43.6. The number of aryl methyl sites for hydroxylation is 3. The van der Waals surface area contributed by atoms with Crippen molar-refractivity contribution in [1.82, 2.24) is 33.9 Å². The van der Waals surface area contributed by atoms with Crippen molar-refractivity contribution in [2.75, 3.05) is 4.90 Å². The number of benzene rings is 2. The largest absolute Gasteiger partial charge is 0.347 e. The minimum absolute atomic E-state index is 0.243. The zero-order chi connectivity index (χ0) is 30.7. The maximum absolute atomic E-state index is 14.5. The molecular weight excluding hydrogens is 632 g/mol. The van der Waals surface area contributed by atoms with E-state index in [-0.39, 0.29) is 5.57 Å². The molecule has 0 aliphatic carbocycles. The summed E-state index contributed by atoms with van der Waals surface area (Å²) in [7, 11) is 1.79. The van der Waals surface area contributed by atoms with E-state index in [9.17, 15) is 9.59 Å². The van der Waals surface area contributed by atoms with Crippen LogP contribution in [0.3, 0.4) is 0 Å². The van der Waals surface area contributed by atoms with Crippen molar-refractivity contribution in [2.45, 2.75) is 19.5 Å². The summed E-state index contributed by atoms with van der Waals surface area (Å²) in [5.41, 5.74) is 5.08. The van der Waals surface area contributed by atoms with Gasteiger partial charge in [-0.15, -0.1) is 0 Å². The second-order valence-electron chi connectivity index (χ2n) is 11.0. The van der Waals surface area contributed by atoms with E-state index >= 15 is 0 Å². The molecule has 0 unspecified atom stereocenters. The summed E-state index contributed by atoms with van der Waals surface area (Å²) >= 11 is 3.63. The molecule has 0 radical (unpaired) electrons. The number of nitrogens with zero attached hydrogens (tertiary/aromatic N) is 8. The lowest BCUT2D eigenvalue weighted by Crippen LogP contribution is -2.31. The Morgan fingerprint density at radius 2 is 1.69 bits per heavy atom. The Kier molecular flexibility index (Phi) is 6.42. The van der Waals surface area contributed by atoms with Crippen LogP contribution in [-0.2, 0) is 29.7 Å². The summed E-state index contributed by atoms with van der Waals surface area (Å²) in [6.07, 6.45) is 10.1. The van der Waals surface area contributed by atoms with Crippen LogP contribution in [0.5, 0.6) is 0 Å². The molecule has 6 heterocycles. The highest BCUT2D eigenvalue weighted by Gasteiger charge is 2.43. The van der Waals surface area contributed by atoms with Crippen molar-refractivity contribution in [2.24, 2.45) is 7.05 Å². The molecule has 1 aliphatic heterocycles. The summed E-state index contributed by atoms with van der Waals surface area (Å²) in [5, 5.41) is 6.33. The van der Waals surface area contributed by atoms with Gasteiger partial charge in [-0.05, 0) is 48.9 Å². The third kappa shape index (κ3) is 4.46. The molecule has 0 bridgehead atoms. The monoisotopic (exact) mass is 656 g/mol. The Labute approximate surface area is 265 Å². The average Bonchev–Trinajstić information content (AvgIpc) is 3.82. The van der Waals surface area contributed by atoms with E-state index in [0.29, 0.717) is 45.6 Å². The van der Waals surface area contributed by atoms with E-state index in [2.05, 4.69) is 30.5 Å². The van der Waals surface area contributed by atoms with Crippen LogP contribution in [0.25, 0.3) is 44.1 Å². The zero-order valence-electron chi connectivity index (χ0n) is 24.1. The van der Waals surface area contributed by atoms with Crippen LogP contribution in [0, 0.1) is 0 Å². The molecule has 220 valence electrons. The second-order valence-corrected chi connectivity index (χ2v) is 11.9. The lowest BCUT2D eigenvalue weighted by atomic mass is 9.98. The summed E-state index contributed by atoms with van der Waals surface area (Å²) in [5.74, 6) is -0.826. The summed E-state index contributed by atoms with van der Waals surface area (Å²) < 4.78 is 6.76. The lowest BCUT2D eigenvalue weighted by molar-refractivity contribution is -0.119. The number of imide groups is 1. The highest BCUT2D eigenvalue weighted by molar-refractivity contribution is 9.10. The predicted molar refractivity (Wildman–Crippen MR) is 176 cm³/mol. The first-order valence-electron chi connectivity index (χ1n) is 14.5. The predicted octanol–water partition coefficient (Wildman–Crippen LogP) is 6.00. The van der Waals surface area contributed by atoms with Gasteiger partial charge in [0.2, 0.25) is 0 Å². The molecule has 7 aromatic rings. The number of rotatable bonds is 7. The normalized spacial score (nSPS) is 13.8. The molecule has 11 heteroatoms. The first kappa shape index (κ1) is 27.2. The van der Waals surface area contributed by atoms with Gasteiger partial charge in [0, 0.05) is 71.2 Å². The molecule has 0 saturated heterocycles. The SMILES string of the molecule is Cn1nc(C2=C(c3cn(CCCn4ccnc4)c4cc(Br)ccc34)C(=O)N(c3ccccc3)C2=O)c2cc3ncccc3nc21. The summed E-state index contributed by atoms with van der Waals surface area (Å²) in [6, 6.07) is 20.6. The third-order valence-electron chi connectivity index (χ3n) is 8.20. The van der Waals surface area contributed by atoms with E-state index < -0.39 is 11.8 Å². The van der Waals surface area contributed by atoms with Crippen molar-refractivity contribution < 1.29 is 9.59 Å². The minimum Gasteiger partial charge on any atom is -0.347 e. The van der Waals surface area contributed by atoms with Crippen LogP contribution in [0.1, 0.15) is 17.7 Å². The molecule has 1 aliphatic rings. The Balaban J connectivity index is 1.35. The number of pyridine rings is 2. The van der Waals surface area contributed by atoms with Crippen LogP contribution < -0.4 is 4.90 Å². The fraction of sp³-hybridized carbons (Fsp3) is 0.118.